The highest BCUT2D eigenvalue weighted by atomic mass is 16.3. The fourth-order valence-electron chi connectivity index (χ4n) is 2.98. The first kappa shape index (κ1) is 13.6. The average Bonchev–Trinajstić information content (AvgIpc) is 2.77. The third-order valence-corrected chi connectivity index (χ3v) is 4.03. The maximum absolute atomic E-state index is 5.62. The Morgan fingerprint density at radius 3 is 3.00 bits per heavy atom. The number of nitrogens with one attached hydrogen (secondary N) is 1. The van der Waals surface area contributed by atoms with Crippen LogP contribution >= 0.6 is 0 Å². The third-order valence-electron chi connectivity index (χ3n) is 4.03. The first-order chi connectivity index (χ1) is 8.69. The van der Waals surface area contributed by atoms with Crippen LogP contribution in [0.4, 0.5) is 0 Å². The van der Waals surface area contributed by atoms with Gasteiger partial charge >= 0.3 is 0 Å². The summed E-state index contributed by atoms with van der Waals surface area (Å²) >= 11 is 0. The summed E-state index contributed by atoms with van der Waals surface area (Å²) in [6, 6.07) is 2.89. The molecule has 3 heteroatoms. The van der Waals surface area contributed by atoms with Crippen molar-refractivity contribution in [3.8, 4) is 0 Å². The molecule has 18 heavy (non-hydrogen) atoms. The molecular formula is C15H26N2O. The van der Waals surface area contributed by atoms with E-state index in [0.29, 0.717) is 0 Å². The lowest BCUT2D eigenvalue weighted by molar-refractivity contribution is 0.149. The molecule has 2 rings (SSSR count). The van der Waals surface area contributed by atoms with Gasteiger partial charge in [0.25, 0.3) is 0 Å². The van der Waals surface area contributed by atoms with Crippen molar-refractivity contribution >= 4 is 0 Å². The van der Waals surface area contributed by atoms with E-state index in [4.69, 9.17) is 4.42 Å². The molecule has 1 N–H and O–H groups in total. The molecule has 0 saturated heterocycles. The monoisotopic (exact) mass is 250 g/mol. The van der Waals surface area contributed by atoms with Gasteiger partial charge in [0, 0.05) is 18.2 Å². The normalized spacial score (nSPS) is 24.7. The van der Waals surface area contributed by atoms with Crippen LogP contribution in [0.3, 0.4) is 0 Å². The molecule has 0 radical (unpaired) electrons. The molecule has 2 atom stereocenters. The van der Waals surface area contributed by atoms with Gasteiger partial charge in [0.1, 0.15) is 5.76 Å². The highest BCUT2D eigenvalue weighted by Gasteiger charge is 2.22. The minimum atomic E-state index is 0.728. The van der Waals surface area contributed by atoms with Crippen molar-refractivity contribution < 1.29 is 4.42 Å². The van der Waals surface area contributed by atoms with Gasteiger partial charge in [0.2, 0.25) is 0 Å². The van der Waals surface area contributed by atoms with Crippen molar-refractivity contribution in [1.29, 1.82) is 0 Å². The smallest absolute Gasteiger partial charge is 0.118 e. The molecule has 0 amide bonds. The Bertz CT molecular complexity index is 361. The van der Waals surface area contributed by atoms with Gasteiger partial charge in [-0.1, -0.05) is 19.8 Å². The Hall–Kier alpha value is -0.800. The van der Waals surface area contributed by atoms with Crippen LogP contribution in [0.5, 0.6) is 0 Å². The highest BCUT2D eigenvalue weighted by molar-refractivity contribution is 5.12. The Morgan fingerprint density at radius 2 is 2.28 bits per heavy atom. The lowest BCUT2D eigenvalue weighted by atomic mass is 9.86. The molecule has 1 heterocycles. The summed E-state index contributed by atoms with van der Waals surface area (Å²) in [4.78, 5) is 2.46. The van der Waals surface area contributed by atoms with Gasteiger partial charge in [-0.05, 0) is 38.9 Å². The van der Waals surface area contributed by atoms with Gasteiger partial charge in [-0.2, -0.15) is 0 Å². The van der Waals surface area contributed by atoms with Crippen molar-refractivity contribution in [2.45, 2.75) is 51.7 Å². The zero-order valence-corrected chi connectivity index (χ0v) is 11.9. The van der Waals surface area contributed by atoms with E-state index in [2.05, 4.69) is 30.3 Å². The predicted molar refractivity (Wildman–Crippen MR) is 74.4 cm³/mol. The predicted octanol–water partition coefficient (Wildman–Crippen LogP) is 3.01. The topological polar surface area (TPSA) is 28.4 Å². The summed E-state index contributed by atoms with van der Waals surface area (Å²) in [5, 5.41) is 3.15. The van der Waals surface area contributed by atoms with E-state index in [-0.39, 0.29) is 0 Å². The molecule has 1 aromatic rings. The third kappa shape index (κ3) is 3.59. The van der Waals surface area contributed by atoms with Crippen LogP contribution in [0.2, 0.25) is 0 Å². The van der Waals surface area contributed by atoms with E-state index in [0.717, 1.165) is 30.8 Å². The first-order valence-corrected chi connectivity index (χ1v) is 7.10. The zero-order valence-electron chi connectivity index (χ0n) is 11.9. The number of hydrogen-bond donors (Lipinski definition) is 1. The molecule has 0 aromatic carbocycles. The number of nitrogens with zero attached hydrogens (tertiary/aromatic N) is 1. The van der Waals surface area contributed by atoms with Gasteiger partial charge in [0.15, 0.2) is 0 Å². The van der Waals surface area contributed by atoms with E-state index in [1.54, 1.807) is 0 Å². The van der Waals surface area contributed by atoms with E-state index in [1.165, 1.54) is 31.2 Å². The number of furan rings is 1. The van der Waals surface area contributed by atoms with Crippen LogP contribution in [0, 0.1) is 5.92 Å². The second-order valence-corrected chi connectivity index (χ2v) is 5.79. The van der Waals surface area contributed by atoms with Gasteiger partial charge in [-0.25, -0.2) is 0 Å². The van der Waals surface area contributed by atoms with Crippen LogP contribution in [0.1, 0.15) is 43.9 Å². The van der Waals surface area contributed by atoms with Crippen molar-refractivity contribution in [3.05, 3.63) is 23.7 Å². The summed E-state index contributed by atoms with van der Waals surface area (Å²) in [5.74, 6) is 1.96. The molecule has 0 spiro atoms. The van der Waals surface area contributed by atoms with E-state index >= 15 is 0 Å². The molecule has 102 valence electrons. The lowest BCUT2D eigenvalue weighted by Gasteiger charge is -2.33. The fourth-order valence-corrected chi connectivity index (χ4v) is 2.98. The Morgan fingerprint density at radius 1 is 1.44 bits per heavy atom. The van der Waals surface area contributed by atoms with E-state index in [1.807, 2.05) is 13.3 Å². The molecular weight excluding hydrogens is 224 g/mol. The largest absolute Gasteiger partial charge is 0.468 e. The molecule has 3 nitrogen and oxygen atoms in total. The second kappa shape index (κ2) is 6.39. The van der Waals surface area contributed by atoms with Gasteiger partial charge < -0.3 is 9.73 Å². The molecule has 1 fully saturated rings. The average molecular weight is 250 g/mol. The van der Waals surface area contributed by atoms with E-state index in [9.17, 15) is 0 Å². The number of hydrogen-bond acceptors (Lipinski definition) is 3. The lowest BCUT2D eigenvalue weighted by Crippen LogP contribution is -2.34. The SMILES string of the molecule is CNCc1coc(CN(C)C2CCCC(C)C2)c1. The van der Waals surface area contributed by atoms with Crippen molar-refractivity contribution in [2.75, 3.05) is 14.1 Å². The van der Waals surface area contributed by atoms with Gasteiger partial charge in [-0.3, -0.25) is 4.90 Å². The first-order valence-electron chi connectivity index (χ1n) is 7.10. The minimum absolute atomic E-state index is 0.728. The molecule has 1 saturated carbocycles. The minimum Gasteiger partial charge on any atom is -0.468 e. The molecule has 0 bridgehead atoms. The van der Waals surface area contributed by atoms with Crippen LogP contribution < -0.4 is 5.32 Å². The molecule has 2 unspecified atom stereocenters. The van der Waals surface area contributed by atoms with Crippen LogP contribution in [0.25, 0.3) is 0 Å². The van der Waals surface area contributed by atoms with Crippen molar-refractivity contribution in [3.63, 3.8) is 0 Å². The van der Waals surface area contributed by atoms with Crippen molar-refractivity contribution in [2.24, 2.45) is 5.92 Å². The number of rotatable bonds is 5. The van der Waals surface area contributed by atoms with Crippen LogP contribution in [0.15, 0.2) is 16.7 Å². The fraction of sp³-hybridized carbons (Fsp3) is 0.733. The zero-order chi connectivity index (χ0) is 13.0. The van der Waals surface area contributed by atoms with Crippen LogP contribution in [-0.4, -0.2) is 25.0 Å². The summed E-state index contributed by atoms with van der Waals surface area (Å²) in [6.07, 6.45) is 7.31. The maximum atomic E-state index is 5.62. The van der Waals surface area contributed by atoms with Gasteiger partial charge in [-0.15, -0.1) is 0 Å². The maximum Gasteiger partial charge on any atom is 0.118 e. The second-order valence-electron chi connectivity index (χ2n) is 5.79. The summed E-state index contributed by atoms with van der Waals surface area (Å²) in [7, 11) is 4.19. The van der Waals surface area contributed by atoms with Crippen molar-refractivity contribution in [1.82, 2.24) is 10.2 Å². The quantitative estimate of drug-likeness (QED) is 0.871. The summed E-state index contributed by atoms with van der Waals surface area (Å²) < 4.78 is 5.62. The summed E-state index contributed by atoms with van der Waals surface area (Å²) in [6.45, 7) is 4.19. The molecule has 1 aliphatic carbocycles. The van der Waals surface area contributed by atoms with Gasteiger partial charge in [0.05, 0.1) is 12.8 Å². The molecule has 1 aromatic heterocycles. The summed E-state index contributed by atoms with van der Waals surface area (Å²) in [5.41, 5.74) is 1.23. The molecule has 0 aliphatic heterocycles. The Kier molecular flexibility index (Phi) is 4.84. The van der Waals surface area contributed by atoms with Crippen LogP contribution in [-0.2, 0) is 13.1 Å². The Balaban J connectivity index is 1.87. The van der Waals surface area contributed by atoms with E-state index < -0.39 is 0 Å². The highest BCUT2D eigenvalue weighted by Crippen LogP contribution is 2.27. The molecule has 1 aliphatic rings. The standard InChI is InChI=1S/C15H26N2O/c1-12-5-4-6-14(7-12)17(3)10-15-8-13(9-16-2)11-18-15/h8,11-12,14,16H,4-7,9-10H2,1-3H3. The Labute approximate surface area is 111 Å².